The molecule has 0 bridgehead atoms. The maximum absolute atomic E-state index is 13.3. The van der Waals surface area contributed by atoms with Crippen LogP contribution in [0.15, 0.2) is 83.8 Å². The van der Waals surface area contributed by atoms with Gasteiger partial charge in [0, 0.05) is 24.5 Å². The van der Waals surface area contributed by atoms with Crippen molar-refractivity contribution in [1.82, 2.24) is 0 Å². The van der Waals surface area contributed by atoms with Gasteiger partial charge >= 0.3 is 0 Å². The second-order valence-electron chi connectivity index (χ2n) is 7.57. The van der Waals surface area contributed by atoms with Crippen LogP contribution < -0.4 is 14.5 Å². The molecule has 1 heterocycles. The summed E-state index contributed by atoms with van der Waals surface area (Å²) in [6, 6.07) is 22.2. The van der Waals surface area contributed by atoms with E-state index in [0.717, 1.165) is 23.1 Å². The molecule has 1 aliphatic heterocycles. The second-order valence-corrected chi connectivity index (χ2v) is 9.83. The van der Waals surface area contributed by atoms with E-state index >= 15 is 0 Å². The summed E-state index contributed by atoms with van der Waals surface area (Å²) in [5.41, 5.74) is 1.97. The van der Waals surface area contributed by atoms with E-state index in [9.17, 15) is 13.2 Å². The van der Waals surface area contributed by atoms with E-state index in [1.165, 1.54) is 25.0 Å². The molecule has 1 aliphatic rings. The molecular weight excluding hydrogens is 446 g/mol. The first-order valence-electron chi connectivity index (χ1n) is 10.4. The van der Waals surface area contributed by atoms with Crippen LogP contribution in [0.5, 0.6) is 0 Å². The molecule has 32 heavy (non-hydrogen) atoms. The summed E-state index contributed by atoms with van der Waals surface area (Å²) < 4.78 is 27.7. The van der Waals surface area contributed by atoms with Crippen molar-refractivity contribution in [3.8, 4) is 0 Å². The number of sulfonamides is 1. The third-order valence-electron chi connectivity index (χ3n) is 5.36. The van der Waals surface area contributed by atoms with Crippen molar-refractivity contribution in [3.63, 3.8) is 0 Å². The van der Waals surface area contributed by atoms with E-state index in [4.69, 9.17) is 11.6 Å². The summed E-state index contributed by atoms with van der Waals surface area (Å²) in [6.07, 6.45) is 2.37. The van der Waals surface area contributed by atoms with Crippen molar-refractivity contribution in [1.29, 1.82) is 0 Å². The summed E-state index contributed by atoms with van der Waals surface area (Å²) in [7, 11) is -4.00. The number of carbonyl (C=O) groups excluding carboxylic acids is 1. The van der Waals surface area contributed by atoms with Crippen molar-refractivity contribution >= 4 is 44.6 Å². The Kier molecular flexibility index (Phi) is 6.67. The van der Waals surface area contributed by atoms with Crippen LogP contribution in [0.4, 0.5) is 17.1 Å². The van der Waals surface area contributed by atoms with Crippen LogP contribution >= 0.6 is 11.6 Å². The zero-order chi connectivity index (χ0) is 22.6. The van der Waals surface area contributed by atoms with Gasteiger partial charge in [0.2, 0.25) is 5.91 Å². The summed E-state index contributed by atoms with van der Waals surface area (Å²) in [5, 5.41) is 3.04. The van der Waals surface area contributed by atoms with Gasteiger partial charge in [-0.3, -0.25) is 9.10 Å². The number of benzene rings is 3. The second kappa shape index (κ2) is 9.63. The first kappa shape index (κ1) is 22.2. The molecule has 1 fully saturated rings. The fraction of sp³-hybridized carbons (Fsp3) is 0.208. The van der Waals surface area contributed by atoms with Gasteiger partial charge in [-0.2, -0.15) is 0 Å². The Morgan fingerprint density at radius 2 is 1.53 bits per heavy atom. The standard InChI is InChI=1S/C24H24ClN3O3S/c25-22-10-4-5-11-23(22)28(32(30,31)21-8-2-1-3-9-21)18-24(29)26-19-12-14-20(15-13-19)27-16-6-7-17-27/h1-5,8-15H,6-7,16-18H2,(H,26,29). The van der Waals surface area contributed by atoms with Crippen LogP contribution in [-0.2, 0) is 14.8 Å². The highest BCUT2D eigenvalue weighted by molar-refractivity contribution is 7.92. The zero-order valence-corrected chi connectivity index (χ0v) is 19.0. The van der Waals surface area contributed by atoms with Crippen molar-refractivity contribution in [3.05, 3.63) is 83.9 Å². The average Bonchev–Trinajstić information content (AvgIpc) is 3.34. The summed E-state index contributed by atoms with van der Waals surface area (Å²) in [6.45, 7) is 1.67. The SMILES string of the molecule is O=C(CN(c1ccccc1Cl)S(=O)(=O)c1ccccc1)Nc1ccc(N2CCCC2)cc1. The molecule has 0 saturated carbocycles. The predicted octanol–water partition coefficient (Wildman–Crippen LogP) is 4.77. The van der Waals surface area contributed by atoms with E-state index in [2.05, 4.69) is 10.2 Å². The number of anilines is 3. The van der Waals surface area contributed by atoms with Gasteiger partial charge in [0.25, 0.3) is 10.0 Å². The van der Waals surface area contributed by atoms with Gasteiger partial charge in [0.15, 0.2) is 0 Å². The molecule has 3 aromatic rings. The lowest BCUT2D eigenvalue weighted by Gasteiger charge is -2.25. The molecule has 0 radical (unpaired) electrons. The molecule has 6 nitrogen and oxygen atoms in total. The van der Waals surface area contributed by atoms with Crippen LogP contribution in [0, 0.1) is 0 Å². The smallest absolute Gasteiger partial charge is 0.264 e. The van der Waals surface area contributed by atoms with Crippen LogP contribution in [0.3, 0.4) is 0 Å². The van der Waals surface area contributed by atoms with E-state index in [-0.39, 0.29) is 15.6 Å². The van der Waals surface area contributed by atoms with E-state index in [0.29, 0.717) is 5.69 Å². The molecule has 0 aromatic heterocycles. The van der Waals surface area contributed by atoms with Crippen LogP contribution in [0.1, 0.15) is 12.8 Å². The number of amides is 1. The van der Waals surface area contributed by atoms with Crippen LogP contribution in [0.25, 0.3) is 0 Å². The Balaban J connectivity index is 1.56. The monoisotopic (exact) mass is 469 g/mol. The van der Waals surface area contributed by atoms with Crippen molar-refractivity contribution in [2.24, 2.45) is 0 Å². The number of nitrogens with zero attached hydrogens (tertiary/aromatic N) is 2. The Morgan fingerprint density at radius 3 is 2.19 bits per heavy atom. The lowest BCUT2D eigenvalue weighted by Crippen LogP contribution is -2.38. The Labute approximate surface area is 193 Å². The van der Waals surface area contributed by atoms with Crippen LogP contribution in [0.2, 0.25) is 5.02 Å². The molecule has 1 amide bonds. The van der Waals surface area contributed by atoms with E-state index in [1.54, 1.807) is 42.5 Å². The summed E-state index contributed by atoms with van der Waals surface area (Å²) in [4.78, 5) is 15.2. The number of hydrogen-bond donors (Lipinski definition) is 1. The maximum atomic E-state index is 13.3. The minimum absolute atomic E-state index is 0.0858. The van der Waals surface area contributed by atoms with Crippen molar-refractivity contribution in [2.75, 3.05) is 34.2 Å². The predicted molar refractivity (Wildman–Crippen MR) is 129 cm³/mol. The number of rotatable bonds is 7. The molecular formula is C24H24ClN3O3S. The molecule has 8 heteroatoms. The maximum Gasteiger partial charge on any atom is 0.264 e. The third-order valence-corrected chi connectivity index (χ3v) is 7.46. The van der Waals surface area contributed by atoms with Gasteiger partial charge in [-0.15, -0.1) is 0 Å². The molecule has 1 saturated heterocycles. The molecule has 3 aromatic carbocycles. The molecule has 166 valence electrons. The highest BCUT2D eigenvalue weighted by atomic mass is 35.5. The lowest BCUT2D eigenvalue weighted by atomic mass is 10.2. The topological polar surface area (TPSA) is 69.7 Å². The molecule has 1 N–H and O–H groups in total. The fourth-order valence-corrected chi connectivity index (χ4v) is 5.48. The molecule has 0 atom stereocenters. The molecule has 0 spiro atoms. The fourth-order valence-electron chi connectivity index (χ4n) is 3.74. The van der Waals surface area contributed by atoms with Gasteiger partial charge in [0.1, 0.15) is 6.54 Å². The van der Waals surface area contributed by atoms with Crippen LogP contribution in [-0.4, -0.2) is 34.0 Å². The first-order chi connectivity index (χ1) is 15.4. The Bertz CT molecular complexity index is 1180. The zero-order valence-electron chi connectivity index (χ0n) is 17.4. The van der Waals surface area contributed by atoms with Crippen molar-refractivity contribution < 1.29 is 13.2 Å². The number of halogens is 1. The van der Waals surface area contributed by atoms with Gasteiger partial charge in [-0.25, -0.2) is 8.42 Å². The quantitative estimate of drug-likeness (QED) is 0.541. The highest BCUT2D eigenvalue weighted by Crippen LogP contribution is 2.30. The highest BCUT2D eigenvalue weighted by Gasteiger charge is 2.28. The Hall–Kier alpha value is -3.03. The normalized spacial score (nSPS) is 13.7. The van der Waals surface area contributed by atoms with Gasteiger partial charge in [-0.05, 0) is 61.4 Å². The number of para-hydroxylation sites is 1. The average molecular weight is 470 g/mol. The molecule has 4 rings (SSSR count). The lowest BCUT2D eigenvalue weighted by molar-refractivity contribution is -0.114. The van der Waals surface area contributed by atoms with Gasteiger partial charge in [-0.1, -0.05) is 41.9 Å². The summed E-state index contributed by atoms with van der Waals surface area (Å²) >= 11 is 6.29. The van der Waals surface area contributed by atoms with Gasteiger partial charge < -0.3 is 10.2 Å². The summed E-state index contributed by atoms with van der Waals surface area (Å²) in [5.74, 6) is -0.460. The number of nitrogens with one attached hydrogen (secondary N) is 1. The number of carbonyl (C=O) groups is 1. The van der Waals surface area contributed by atoms with E-state index in [1.807, 2.05) is 24.3 Å². The number of hydrogen-bond acceptors (Lipinski definition) is 4. The first-order valence-corrected chi connectivity index (χ1v) is 12.2. The minimum Gasteiger partial charge on any atom is -0.372 e. The molecule has 0 unspecified atom stereocenters. The van der Waals surface area contributed by atoms with E-state index < -0.39 is 22.5 Å². The van der Waals surface area contributed by atoms with Gasteiger partial charge in [0.05, 0.1) is 15.6 Å². The Morgan fingerprint density at radius 1 is 0.906 bits per heavy atom. The third kappa shape index (κ3) is 4.89. The minimum atomic E-state index is -4.00. The van der Waals surface area contributed by atoms with Crippen molar-refractivity contribution in [2.45, 2.75) is 17.7 Å². The largest absolute Gasteiger partial charge is 0.372 e. The molecule has 0 aliphatic carbocycles.